The molecule has 4 amide bonds. The number of carbonyl (C=O) groups is 4. The van der Waals surface area contributed by atoms with Gasteiger partial charge in [0.25, 0.3) is 0 Å². The number of hydrogen-bond donors (Lipinski definition) is 4. The minimum Gasteiger partial charge on any atom is -0.453 e. The molecule has 6 atom stereocenters. The number of likely N-dealkylation sites (tertiary alicyclic amines) is 2. The second-order valence-electron chi connectivity index (χ2n) is 12.7. The minimum absolute atomic E-state index is 0.0702. The minimum atomic E-state index is -0.648. The molecule has 2 saturated heterocycles. The Morgan fingerprint density at radius 2 is 1.43 bits per heavy atom. The smallest absolute Gasteiger partial charge is 0.407 e. The predicted molar refractivity (Wildman–Crippen MR) is 148 cm³/mol. The summed E-state index contributed by atoms with van der Waals surface area (Å²) in [7, 11) is 2.60. The molecule has 2 heterocycles. The summed E-state index contributed by atoms with van der Waals surface area (Å²) in [6.45, 7) is 9.64. The largest absolute Gasteiger partial charge is 0.453 e. The molecule has 4 fully saturated rings. The average molecular weight is 565 g/mol. The van der Waals surface area contributed by atoms with Crippen LogP contribution in [0.4, 0.5) is 9.59 Å². The highest BCUT2D eigenvalue weighted by Crippen LogP contribution is 2.54. The molecule has 12 nitrogen and oxygen atoms in total. The van der Waals surface area contributed by atoms with E-state index >= 15 is 0 Å². The first kappa shape index (κ1) is 30.4. The molecule has 4 N–H and O–H groups in total. The Hall–Kier alpha value is -2.60. The van der Waals surface area contributed by atoms with E-state index in [1.165, 1.54) is 14.2 Å². The van der Waals surface area contributed by atoms with Gasteiger partial charge in [-0.05, 0) is 61.7 Å². The van der Waals surface area contributed by atoms with Crippen LogP contribution < -0.4 is 21.3 Å². The Morgan fingerprint density at radius 1 is 0.850 bits per heavy atom. The summed E-state index contributed by atoms with van der Waals surface area (Å²) >= 11 is 0. The molecule has 2 bridgehead atoms. The van der Waals surface area contributed by atoms with Crippen LogP contribution in [0, 0.1) is 23.2 Å². The van der Waals surface area contributed by atoms with Gasteiger partial charge in [0.15, 0.2) is 0 Å². The van der Waals surface area contributed by atoms with Gasteiger partial charge in [-0.3, -0.25) is 20.2 Å². The lowest BCUT2D eigenvalue weighted by molar-refractivity contribution is -0.140. The van der Waals surface area contributed by atoms with Gasteiger partial charge in [-0.1, -0.05) is 27.7 Å². The van der Waals surface area contributed by atoms with Crippen LogP contribution in [-0.4, -0.2) is 98.1 Å². The lowest BCUT2D eigenvalue weighted by atomic mass is 10.00. The Labute approximate surface area is 237 Å². The fraction of sp³-hybridized carbons (Fsp3) is 0.857. The molecule has 2 aliphatic heterocycles. The first-order valence-corrected chi connectivity index (χ1v) is 14.8. The van der Waals surface area contributed by atoms with Crippen molar-refractivity contribution in [2.24, 2.45) is 23.2 Å². The molecular weight excluding hydrogens is 516 g/mol. The summed E-state index contributed by atoms with van der Waals surface area (Å²) in [5.74, 6) is 0.0816. The molecule has 40 heavy (non-hydrogen) atoms. The van der Waals surface area contributed by atoms with Crippen LogP contribution in [0.25, 0.3) is 0 Å². The molecule has 4 rings (SSSR count). The number of hydrogen-bond acceptors (Lipinski definition) is 8. The van der Waals surface area contributed by atoms with E-state index in [0.717, 1.165) is 38.5 Å². The van der Waals surface area contributed by atoms with Crippen LogP contribution >= 0.6 is 0 Å². The first-order valence-electron chi connectivity index (χ1n) is 14.8. The molecule has 2 aliphatic carbocycles. The van der Waals surface area contributed by atoms with E-state index in [1.54, 1.807) is 0 Å². The third-order valence-corrected chi connectivity index (χ3v) is 9.23. The summed E-state index contributed by atoms with van der Waals surface area (Å²) in [5.41, 5.74) is 0.180. The summed E-state index contributed by atoms with van der Waals surface area (Å²) < 4.78 is 9.51. The Balaban J connectivity index is 1.35. The van der Waals surface area contributed by atoms with E-state index in [1.807, 2.05) is 37.5 Å². The second kappa shape index (κ2) is 12.5. The molecule has 0 aromatic heterocycles. The van der Waals surface area contributed by atoms with Crippen LogP contribution in [0.3, 0.4) is 0 Å². The number of nitrogens with one attached hydrogen (secondary N) is 4. The third-order valence-electron chi connectivity index (χ3n) is 9.23. The summed E-state index contributed by atoms with van der Waals surface area (Å²) in [4.78, 5) is 54.8. The van der Waals surface area contributed by atoms with Gasteiger partial charge in [0.05, 0.1) is 26.6 Å². The summed E-state index contributed by atoms with van der Waals surface area (Å²) in [5, 5.41) is 12.6. The zero-order valence-electron chi connectivity index (χ0n) is 24.8. The van der Waals surface area contributed by atoms with Gasteiger partial charge in [-0.25, -0.2) is 9.59 Å². The summed E-state index contributed by atoms with van der Waals surface area (Å²) in [6, 6.07) is -1.11. The predicted octanol–water partition coefficient (Wildman–Crippen LogP) is 1.60. The Bertz CT molecular complexity index is 956. The van der Waals surface area contributed by atoms with Gasteiger partial charge >= 0.3 is 12.2 Å². The Morgan fingerprint density at radius 3 is 1.98 bits per heavy atom. The fourth-order valence-electron chi connectivity index (χ4n) is 6.77. The van der Waals surface area contributed by atoms with Crippen LogP contribution in [0.15, 0.2) is 0 Å². The van der Waals surface area contributed by atoms with Crippen LogP contribution in [0.5, 0.6) is 0 Å². The lowest BCUT2D eigenvalue weighted by Gasteiger charge is -2.39. The molecule has 226 valence electrons. The molecular formula is C28H48N6O6. The fourth-order valence-corrected chi connectivity index (χ4v) is 6.77. The van der Waals surface area contributed by atoms with E-state index in [9.17, 15) is 19.2 Å². The van der Waals surface area contributed by atoms with Crippen molar-refractivity contribution in [3.05, 3.63) is 0 Å². The van der Waals surface area contributed by atoms with Crippen LogP contribution in [-0.2, 0) is 19.1 Å². The number of piperidine rings is 1. The monoisotopic (exact) mass is 564 g/mol. The number of rotatable bonds is 11. The van der Waals surface area contributed by atoms with Crippen molar-refractivity contribution in [1.29, 1.82) is 0 Å². The maximum atomic E-state index is 13.6. The number of carbonyl (C=O) groups excluding carboxylic acids is 4. The van der Waals surface area contributed by atoms with Crippen molar-refractivity contribution in [2.75, 3.05) is 33.9 Å². The van der Waals surface area contributed by atoms with Crippen molar-refractivity contribution in [3.63, 3.8) is 0 Å². The van der Waals surface area contributed by atoms with Gasteiger partial charge in [-0.2, -0.15) is 0 Å². The molecule has 12 heteroatoms. The Kier molecular flexibility index (Phi) is 9.49. The van der Waals surface area contributed by atoms with E-state index in [-0.39, 0.29) is 47.4 Å². The maximum absolute atomic E-state index is 13.6. The molecule has 0 aromatic rings. The van der Waals surface area contributed by atoms with Gasteiger partial charge in [0.1, 0.15) is 12.1 Å². The van der Waals surface area contributed by atoms with Crippen LogP contribution in [0.1, 0.15) is 66.2 Å². The van der Waals surface area contributed by atoms with Gasteiger partial charge in [0.2, 0.25) is 11.8 Å². The van der Waals surface area contributed by atoms with Crippen molar-refractivity contribution in [1.82, 2.24) is 31.1 Å². The zero-order valence-corrected chi connectivity index (χ0v) is 24.8. The highest BCUT2D eigenvalue weighted by atomic mass is 16.5. The zero-order chi connectivity index (χ0) is 29.2. The first-order chi connectivity index (χ1) is 19.0. The number of methoxy groups -OCH3 is 2. The quantitative estimate of drug-likeness (QED) is 0.278. The average Bonchev–Trinajstić information content (AvgIpc) is 3.23. The molecule has 2 saturated carbocycles. The number of nitrogens with zero attached hydrogens (tertiary/aromatic N) is 2. The molecule has 0 unspecified atom stereocenters. The molecule has 1 spiro atoms. The highest BCUT2D eigenvalue weighted by Gasteiger charge is 2.54. The van der Waals surface area contributed by atoms with Crippen molar-refractivity contribution in [3.8, 4) is 0 Å². The van der Waals surface area contributed by atoms with Gasteiger partial charge in [0, 0.05) is 25.7 Å². The van der Waals surface area contributed by atoms with E-state index in [4.69, 9.17) is 9.47 Å². The van der Waals surface area contributed by atoms with Crippen molar-refractivity contribution >= 4 is 24.0 Å². The molecule has 0 aromatic carbocycles. The molecule has 4 aliphatic rings. The lowest BCUT2D eigenvalue weighted by Crippen LogP contribution is -2.60. The standard InChI is InChI=1S/C28H48N6O6/c1-16(2)21(31-26(37)39-5)24(35)33-15-28(9-10-28)14-20(33)29-11-12-30-23-18-7-8-19(13-18)34(23)25(36)22(17(3)4)32-27(38)40-6/h16-23,29-30H,7-15H2,1-6H3,(H,31,37)(H,32,38)/t18-,19+,20-,21-,22-,23-/m0/s1. The van der Waals surface area contributed by atoms with Gasteiger partial charge < -0.3 is 29.9 Å². The maximum Gasteiger partial charge on any atom is 0.407 e. The molecule has 0 radical (unpaired) electrons. The number of fused-ring (bicyclic) bond motifs is 2. The normalized spacial score (nSPS) is 27.7. The number of amides is 4. The highest BCUT2D eigenvalue weighted by molar-refractivity contribution is 5.87. The van der Waals surface area contributed by atoms with E-state index in [0.29, 0.717) is 25.6 Å². The van der Waals surface area contributed by atoms with E-state index in [2.05, 4.69) is 21.3 Å². The SMILES string of the molecule is COC(=O)N[C@H](C(=O)N1CC2(CC2)C[C@H]1NCCN[C@@H]1[C@H]2CC[C@H](C2)N1C(=O)[C@@H](NC(=O)OC)C(C)C)C(C)C. The van der Waals surface area contributed by atoms with Crippen LogP contribution in [0.2, 0.25) is 0 Å². The van der Waals surface area contributed by atoms with E-state index < -0.39 is 24.3 Å². The van der Waals surface area contributed by atoms with Gasteiger partial charge in [-0.15, -0.1) is 0 Å². The topological polar surface area (TPSA) is 141 Å². The number of ether oxygens (including phenoxy) is 2. The summed E-state index contributed by atoms with van der Waals surface area (Å²) in [6.07, 6.45) is 4.76. The van der Waals surface area contributed by atoms with Crippen molar-refractivity contribution in [2.45, 2.75) is 96.7 Å². The number of alkyl carbamates (subject to hydrolysis) is 2. The third kappa shape index (κ3) is 6.48. The van der Waals surface area contributed by atoms with Crippen molar-refractivity contribution < 1.29 is 28.7 Å². The second-order valence-corrected chi connectivity index (χ2v) is 12.7.